The van der Waals surface area contributed by atoms with E-state index in [4.69, 9.17) is 4.74 Å². The Morgan fingerprint density at radius 3 is 2.09 bits per heavy atom. The number of rotatable bonds is 10. The number of aryl methyl sites for hydroxylation is 3. The molecule has 0 saturated carbocycles. The molecule has 0 amide bonds. The number of carbonyl (C=O) groups is 2. The molecule has 34 heavy (non-hydrogen) atoms. The zero-order valence-corrected chi connectivity index (χ0v) is 22.7. The van der Waals surface area contributed by atoms with Crippen molar-refractivity contribution in [3.63, 3.8) is 0 Å². The van der Waals surface area contributed by atoms with Crippen LogP contribution in [0.15, 0.2) is 17.0 Å². The lowest BCUT2D eigenvalue weighted by Crippen LogP contribution is -2.38. The van der Waals surface area contributed by atoms with Gasteiger partial charge in [0.25, 0.3) is 0 Å². The minimum atomic E-state index is -3.92. The lowest BCUT2D eigenvalue weighted by Gasteiger charge is -2.25. The molecule has 0 unspecified atom stereocenters. The maximum Gasteiger partial charge on any atom is 0.354 e. The Kier molecular flexibility index (Phi) is 8.88. The molecule has 2 aromatic rings. The molecule has 2 rings (SSSR count). The number of Topliss-reactive ketones (excluding diaryl/α,β-unsaturated/α-hetero) is 1. The van der Waals surface area contributed by atoms with Gasteiger partial charge in [0.2, 0.25) is 10.0 Å². The second-order valence-electron chi connectivity index (χ2n) is 9.34. The Morgan fingerprint density at radius 2 is 1.62 bits per heavy atom. The predicted octanol–water partition coefficient (Wildman–Crippen LogP) is 4.76. The first-order chi connectivity index (χ1) is 15.8. The summed E-state index contributed by atoms with van der Waals surface area (Å²) in [5, 5.41) is 0. The van der Waals surface area contributed by atoms with Crippen molar-refractivity contribution in [3.05, 3.63) is 51.3 Å². The minimum absolute atomic E-state index is 0.231. The second-order valence-corrected chi connectivity index (χ2v) is 11.2. The smallest absolute Gasteiger partial charge is 0.354 e. The van der Waals surface area contributed by atoms with E-state index >= 15 is 0 Å². The van der Waals surface area contributed by atoms with Crippen molar-refractivity contribution in [2.24, 2.45) is 5.92 Å². The second kappa shape index (κ2) is 10.9. The van der Waals surface area contributed by atoms with Crippen LogP contribution in [0.2, 0.25) is 0 Å². The Hall–Kier alpha value is -2.45. The zero-order chi connectivity index (χ0) is 26.0. The van der Waals surface area contributed by atoms with Gasteiger partial charge < -0.3 is 9.30 Å². The molecule has 1 heterocycles. The van der Waals surface area contributed by atoms with Crippen LogP contribution >= 0.6 is 0 Å². The fraction of sp³-hybridized carbons (Fsp3) is 0.538. The van der Waals surface area contributed by atoms with Gasteiger partial charge in [0.15, 0.2) is 5.78 Å². The van der Waals surface area contributed by atoms with Crippen molar-refractivity contribution in [1.82, 2.24) is 8.87 Å². The molecule has 8 heteroatoms. The molecule has 0 radical (unpaired) electrons. The number of methoxy groups -OCH3 is 1. The van der Waals surface area contributed by atoms with E-state index in [1.807, 2.05) is 39.8 Å². The highest BCUT2D eigenvalue weighted by Crippen LogP contribution is 2.28. The maximum atomic E-state index is 13.8. The van der Waals surface area contributed by atoms with E-state index in [1.54, 1.807) is 32.3 Å². The van der Waals surface area contributed by atoms with Gasteiger partial charge in [-0.1, -0.05) is 31.5 Å². The Labute approximate surface area is 204 Å². The molecule has 0 bridgehead atoms. The number of esters is 1. The lowest BCUT2D eigenvalue weighted by molar-refractivity contribution is 0.0587. The summed E-state index contributed by atoms with van der Waals surface area (Å²) < 4.78 is 35.6. The number of carbonyl (C=O) groups excluding carboxylic acids is 2. The summed E-state index contributed by atoms with van der Waals surface area (Å²) in [6, 6.07) is 3.70. The van der Waals surface area contributed by atoms with Gasteiger partial charge in [0.1, 0.15) is 5.69 Å². The molecule has 1 aromatic carbocycles. The molecule has 0 fully saturated rings. The standard InChI is InChI=1S/C26H38N2O5S/c1-10-28-21(8)23(20(7)24(28)26(30)33-9)22(29)15-27(12-11-16(2)3)34(31,32)25-18(5)13-17(4)14-19(25)6/h13-14,16H,10-12,15H2,1-9H3. The van der Waals surface area contributed by atoms with Crippen molar-refractivity contribution in [1.29, 1.82) is 0 Å². The Bertz CT molecular complexity index is 1170. The van der Waals surface area contributed by atoms with Crippen LogP contribution < -0.4 is 0 Å². The van der Waals surface area contributed by atoms with E-state index in [2.05, 4.69) is 0 Å². The molecule has 0 spiro atoms. The fourth-order valence-electron chi connectivity index (χ4n) is 4.69. The first kappa shape index (κ1) is 27.8. The molecule has 188 valence electrons. The van der Waals surface area contributed by atoms with Gasteiger partial charge in [0, 0.05) is 24.3 Å². The highest BCUT2D eigenvalue weighted by molar-refractivity contribution is 7.89. The average molecular weight is 491 g/mol. The first-order valence-electron chi connectivity index (χ1n) is 11.7. The number of hydrogen-bond acceptors (Lipinski definition) is 5. The summed E-state index contributed by atoms with van der Waals surface area (Å²) in [4.78, 5) is 26.2. The van der Waals surface area contributed by atoms with Crippen LogP contribution in [0.3, 0.4) is 0 Å². The highest BCUT2D eigenvalue weighted by atomic mass is 32.2. The summed E-state index contributed by atoms with van der Waals surface area (Å²) in [6.45, 7) is 15.3. The molecule has 0 aliphatic heterocycles. The van der Waals surface area contributed by atoms with Crippen molar-refractivity contribution in [2.75, 3.05) is 20.2 Å². The van der Waals surface area contributed by atoms with Gasteiger partial charge in [0.05, 0.1) is 18.6 Å². The number of hydrogen-bond donors (Lipinski definition) is 0. The number of sulfonamides is 1. The molecule has 0 aliphatic rings. The summed E-state index contributed by atoms with van der Waals surface area (Å²) in [5.41, 5.74) is 4.17. The van der Waals surface area contributed by atoms with Gasteiger partial charge in [-0.25, -0.2) is 13.2 Å². The molecular weight excluding hydrogens is 452 g/mol. The van der Waals surface area contributed by atoms with Crippen molar-refractivity contribution >= 4 is 21.8 Å². The van der Waals surface area contributed by atoms with Crippen LogP contribution in [0.5, 0.6) is 0 Å². The van der Waals surface area contributed by atoms with E-state index in [-0.39, 0.29) is 29.7 Å². The lowest BCUT2D eigenvalue weighted by atomic mass is 10.1. The molecule has 1 aromatic heterocycles. The summed E-state index contributed by atoms with van der Waals surface area (Å²) in [7, 11) is -2.62. The monoisotopic (exact) mass is 490 g/mol. The number of ether oxygens (including phenoxy) is 1. The predicted molar refractivity (Wildman–Crippen MR) is 134 cm³/mol. The Morgan fingerprint density at radius 1 is 1.06 bits per heavy atom. The third-order valence-corrected chi connectivity index (χ3v) is 8.37. The highest BCUT2D eigenvalue weighted by Gasteiger charge is 2.32. The molecule has 0 N–H and O–H groups in total. The Balaban J connectivity index is 2.58. The van der Waals surface area contributed by atoms with Crippen LogP contribution in [0, 0.1) is 40.5 Å². The van der Waals surface area contributed by atoms with Crippen LogP contribution in [-0.2, 0) is 21.3 Å². The van der Waals surface area contributed by atoms with Crippen molar-refractivity contribution in [3.8, 4) is 0 Å². The van der Waals surface area contributed by atoms with Gasteiger partial charge >= 0.3 is 5.97 Å². The largest absolute Gasteiger partial charge is 0.464 e. The van der Waals surface area contributed by atoms with Crippen LogP contribution in [-0.4, -0.2) is 49.2 Å². The zero-order valence-electron chi connectivity index (χ0n) is 21.9. The molecular formula is C26H38N2O5S. The molecule has 0 aliphatic carbocycles. The number of benzene rings is 1. The molecule has 7 nitrogen and oxygen atoms in total. The van der Waals surface area contributed by atoms with Crippen LogP contribution in [0.4, 0.5) is 0 Å². The van der Waals surface area contributed by atoms with Crippen molar-refractivity contribution < 1.29 is 22.7 Å². The maximum absolute atomic E-state index is 13.8. The van der Waals surface area contributed by atoms with E-state index < -0.39 is 16.0 Å². The third kappa shape index (κ3) is 5.44. The van der Waals surface area contributed by atoms with E-state index in [0.717, 1.165) is 5.56 Å². The number of nitrogens with zero attached hydrogens (tertiary/aromatic N) is 2. The molecule has 0 saturated heterocycles. The SMILES string of the molecule is CCn1c(C)c(C(=O)CN(CCC(C)C)S(=O)(=O)c2c(C)cc(C)cc2C)c(C)c1C(=O)OC. The van der Waals surface area contributed by atoms with Crippen molar-refractivity contribution in [2.45, 2.75) is 73.3 Å². The number of aromatic nitrogens is 1. The van der Waals surface area contributed by atoms with Gasteiger partial charge in [-0.3, -0.25) is 4.79 Å². The minimum Gasteiger partial charge on any atom is -0.464 e. The summed E-state index contributed by atoms with van der Waals surface area (Å²) in [6.07, 6.45) is 0.623. The van der Waals surface area contributed by atoms with Gasteiger partial charge in [-0.15, -0.1) is 0 Å². The summed E-state index contributed by atoms with van der Waals surface area (Å²) >= 11 is 0. The third-order valence-electron chi connectivity index (χ3n) is 6.22. The average Bonchev–Trinajstić information content (AvgIpc) is 2.98. The normalized spacial score (nSPS) is 12.0. The molecule has 0 atom stereocenters. The first-order valence-corrected chi connectivity index (χ1v) is 13.1. The van der Waals surface area contributed by atoms with E-state index in [9.17, 15) is 18.0 Å². The number of ketones is 1. The van der Waals surface area contributed by atoms with Crippen LogP contribution in [0.1, 0.15) is 76.0 Å². The quantitative estimate of drug-likeness (QED) is 0.354. The topological polar surface area (TPSA) is 85.7 Å². The van der Waals surface area contributed by atoms with Gasteiger partial charge in [-0.2, -0.15) is 4.31 Å². The fourth-order valence-corrected chi connectivity index (χ4v) is 6.51. The summed E-state index contributed by atoms with van der Waals surface area (Å²) in [5.74, 6) is -0.581. The van der Waals surface area contributed by atoms with E-state index in [1.165, 1.54) is 11.4 Å². The van der Waals surface area contributed by atoms with E-state index in [0.29, 0.717) is 46.6 Å². The van der Waals surface area contributed by atoms with Crippen LogP contribution in [0.25, 0.3) is 0 Å². The van der Waals surface area contributed by atoms with Gasteiger partial charge in [-0.05, 0) is 70.6 Å².